The standard InChI is InChI=1S/C12H25N3/c1-15-8-4-12(5-9-15)14-7-3-11-2-6-13-10-11/h11-14H,2-10H2,1H3. The van der Waals surface area contributed by atoms with Crippen LogP contribution in [0.1, 0.15) is 25.7 Å². The number of likely N-dealkylation sites (tertiary alicyclic amines) is 1. The molecule has 3 nitrogen and oxygen atoms in total. The van der Waals surface area contributed by atoms with Gasteiger partial charge in [0.2, 0.25) is 0 Å². The Bertz CT molecular complexity index is 170. The molecular weight excluding hydrogens is 186 g/mol. The molecule has 0 aliphatic carbocycles. The number of hydrogen-bond acceptors (Lipinski definition) is 3. The highest BCUT2D eigenvalue weighted by Crippen LogP contribution is 2.12. The molecular formula is C12H25N3. The molecule has 0 aromatic heterocycles. The predicted octanol–water partition coefficient (Wildman–Crippen LogP) is 0.670. The van der Waals surface area contributed by atoms with Crippen LogP contribution < -0.4 is 10.6 Å². The van der Waals surface area contributed by atoms with Crippen molar-refractivity contribution in [2.75, 3.05) is 39.8 Å². The Labute approximate surface area is 93.6 Å². The number of nitrogens with one attached hydrogen (secondary N) is 2. The van der Waals surface area contributed by atoms with Gasteiger partial charge in [-0.05, 0) is 71.4 Å². The van der Waals surface area contributed by atoms with E-state index >= 15 is 0 Å². The van der Waals surface area contributed by atoms with E-state index in [2.05, 4.69) is 22.6 Å². The molecule has 15 heavy (non-hydrogen) atoms. The van der Waals surface area contributed by atoms with Crippen LogP contribution >= 0.6 is 0 Å². The van der Waals surface area contributed by atoms with E-state index in [1.807, 2.05) is 0 Å². The highest BCUT2D eigenvalue weighted by atomic mass is 15.1. The van der Waals surface area contributed by atoms with E-state index < -0.39 is 0 Å². The first-order valence-electron chi connectivity index (χ1n) is 6.47. The molecule has 0 aromatic carbocycles. The van der Waals surface area contributed by atoms with Crippen molar-refractivity contribution in [2.24, 2.45) is 5.92 Å². The summed E-state index contributed by atoms with van der Waals surface area (Å²) in [5, 5.41) is 7.15. The van der Waals surface area contributed by atoms with Crippen molar-refractivity contribution in [3.8, 4) is 0 Å². The molecule has 2 heterocycles. The largest absolute Gasteiger partial charge is 0.316 e. The van der Waals surface area contributed by atoms with Crippen LogP contribution in [-0.2, 0) is 0 Å². The summed E-state index contributed by atoms with van der Waals surface area (Å²) in [5.74, 6) is 0.934. The van der Waals surface area contributed by atoms with Crippen molar-refractivity contribution >= 4 is 0 Å². The molecule has 1 atom stereocenters. The molecule has 2 N–H and O–H groups in total. The highest BCUT2D eigenvalue weighted by molar-refractivity contribution is 4.77. The molecule has 0 bridgehead atoms. The van der Waals surface area contributed by atoms with Crippen molar-refractivity contribution in [3.05, 3.63) is 0 Å². The van der Waals surface area contributed by atoms with E-state index in [-0.39, 0.29) is 0 Å². The van der Waals surface area contributed by atoms with Crippen molar-refractivity contribution < 1.29 is 0 Å². The van der Waals surface area contributed by atoms with Crippen molar-refractivity contribution in [2.45, 2.75) is 31.7 Å². The smallest absolute Gasteiger partial charge is 0.00914 e. The fraction of sp³-hybridized carbons (Fsp3) is 1.00. The molecule has 88 valence electrons. The summed E-state index contributed by atoms with van der Waals surface area (Å²) in [7, 11) is 2.22. The Kier molecular flexibility index (Phi) is 4.42. The zero-order valence-corrected chi connectivity index (χ0v) is 9.97. The number of nitrogens with zero attached hydrogens (tertiary/aromatic N) is 1. The Morgan fingerprint density at radius 1 is 1.27 bits per heavy atom. The summed E-state index contributed by atoms with van der Waals surface area (Å²) in [4.78, 5) is 2.43. The van der Waals surface area contributed by atoms with Gasteiger partial charge >= 0.3 is 0 Å². The fourth-order valence-electron chi connectivity index (χ4n) is 2.67. The summed E-state index contributed by atoms with van der Waals surface area (Å²) in [6.07, 6.45) is 5.41. The van der Waals surface area contributed by atoms with Gasteiger partial charge in [-0.1, -0.05) is 0 Å². The highest BCUT2D eigenvalue weighted by Gasteiger charge is 2.17. The molecule has 1 unspecified atom stereocenters. The van der Waals surface area contributed by atoms with E-state index in [4.69, 9.17) is 0 Å². The van der Waals surface area contributed by atoms with Gasteiger partial charge in [-0.2, -0.15) is 0 Å². The van der Waals surface area contributed by atoms with Gasteiger partial charge in [-0.15, -0.1) is 0 Å². The number of piperidine rings is 1. The van der Waals surface area contributed by atoms with Crippen molar-refractivity contribution in [1.82, 2.24) is 15.5 Å². The third kappa shape index (κ3) is 3.74. The van der Waals surface area contributed by atoms with Gasteiger partial charge in [0.05, 0.1) is 0 Å². The molecule has 0 saturated carbocycles. The third-order valence-electron chi connectivity index (χ3n) is 3.87. The summed E-state index contributed by atoms with van der Waals surface area (Å²) < 4.78 is 0. The third-order valence-corrected chi connectivity index (χ3v) is 3.87. The van der Waals surface area contributed by atoms with Crippen LogP contribution in [0, 0.1) is 5.92 Å². The molecule has 3 heteroatoms. The van der Waals surface area contributed by atoms with E-state index in [0.717, 1.165) is 12.0 Å². The van der Waals surface area contributed by atoms with Gasteiger partial charge in [-0.3, -0.25) is 0 Å². The van der Waals surface area contributed by atoms with Gasteiger partial charge < -0.3 is 15.5 Å². The fourth-order valence-corrected chi connectivity index (χ4v) is 2.67. The topological polar surface area (TPSA) is 27.3 Å². The van der Waals surface area contributed by atoms with Gasteiger partial charge in [0.25, 0.3) is 0 Å². The zero-order chi connectivity index (χ0) is 10.5. The summed E-state index contributed by atoms with van der Waals surface area (Å²) >= 11 is 0. The first-order valence-corrected chi connectivity index (χ1v) is 6.47. The molecule has 2 fully saturated rings. The first kappa shape index (κ1) is 11.4. The molecule has 2 rings (SSSR count). The van der Waals surface area contributed by atoms with Crippen LogP contribution in [0.3, 0.4) is 0 Å². The van der Waals surface area contributed by atoms with Crippen LogP contribution in [0.4, 0.5) is 0 Å². The van der Waals surface area contributed by atoms with Crippen molar-refractivity contribution in [1.29, 1.82) is 0 Å². The monoisotopic (exact) mass is 211 g/mol. The second kappa shape index (κ2) is 5.83. The van der Waals surface area contributed by atoms with Gasteiger partial charge in [-0.25, -0.2) is 0 Å². The molecule has 0 aromatic rings. The Hall–Kier alpha value is -0.120. The lowest BCUT2D eigenvalue weighted by molar-refractivity contribution is 0.233. The summed E-state index contributed by atoms with van der Waals surface area (Å²) in [6.45, 7) is 6.24. The van der Waals surface area contributed by atoms with Crippen molar-refractivity contribution in [3.63, 3.8) is 0 Å². The van der Waals surface area contributed by atoms with Crippen LogP contribution in [0.2, 0.25) is 0 Å². The van der Waals surface area contributed by atoms with Gasteiger partial charge in [0, 0.05) is 6.04 Å². The van der Waals surface area contributed by atoms with Crippen LogP contribution in [0.15, 0.2) is 0 Å². The van der Waals surface area contributed by atoms with Gasteiger partial charge in [0.1, 0.15) is 0 Å². The second-order valence-electron chi connectivity index (χ2n) is 5.18. The lowest BCUT2D eigenvalue weighted by Gasteiger charge is -2.29. The van der Waals surface area contributed by atoms with E-state index in [0.29, 0.717) is 0 Å². The van der Waals surface area contributed by atoms with E-state index in [1.165, 1.54) is 58.4 Å². The average molecular weight is 211 g/mol. The Morgan fingerprint density at radius 3 is 2.73 bits per heavy atom. The van der Waals surface area contributed by atoms with Crippen LogP contribution in [0.5, 0.6) is 0 Å². The Morgan fingerprint density at radius 2 is 2.07 bits per heavy atom. The maximum absolute atomic E-state index is 3.71. The quantitative estimate of drug-likeness (QED) is 0.716. The summed E-state index contributed by atoms with van der Waals surface area (Å²) in [6, 6.07) is 0.788. The lowest BCUT2D eigenvalue weighted by atomic mass is 10.0. The number of hydrogen-bond donors (Lipinski definition) is 2. The van der Waals surface area contributed by atoms with Gasteiger partial charge in [0.15, 0.2) is 0 Å². The van der Waals surface area contributed by atoms with E-state index in [1.54, 1.807) is 0 Å². The molecule has 0 radical (unpaired) electrons. The average Bonchev–Trinajstić information content (AvgIpc) is 2.74. The normalized spacial score (nSPS) is 29.8. The predicted molar refractivity (Wildman–Crippen MR) is 64.1 cm³/mol. The maximum atomic E-state index is 3.71. The SMILES string of the molecule is CN1CCC(NCCC2CCNC2)CC1. The minimum absolute atomic E-state index is 0.788. The summed E-state index contributed by atoms with van der Waals surface area (Å²) in [5.41, 5.74) is 0. The molecule has 2 saturated heterocycles. The zero-order valence-electron chi connectivity index (χ0n) is 9.97. The number of rotatable bonds is 4. The maximum Gasteiger partial charge on any atom is 0.00914 e. The first-order chi connectivity index (χ1) is 7.34. The van der Waals surface area contributed by atoms with Crippen LogP contribution in [-0.4, -0.2) is 50.7 Å². The second-order valence-corrected chi connectivity index (χ2v) is 5.18. The molecule has 0 amide bonds. The van der Waals surface area contributed by atoms with E-state index in [9.17, 15) is 0 Å². The molecule has 2 aliphatic rings. The Balaban J connectivity index is 1.53. The minimum Gasteiger partial charge on any atom is -0.316 e. The lowest BCUT2D eigenvalue weighted by Crippen LogP contribution is -2.41. The van der Waals surface area contributed by atoms with Crippen LogP contribution in [0.25, 0.3) is 0 Å². The molecule has 0 spiro atoms. The minimum atomic E-state index is 0.788. The molecule has 2 aliphatic heterocycles.